The standard InChI is InChI=1S/C24H45N2O6P/c1-6-8-9-10-11-12-13-14-15-16-17-18-23(27)22(25-24(28)7-2)21-32-33(29,30)31-20-19-26(3,4)5/h9-10,13-14,17-18,22-23,27H,6-8,11-12,15-16,19-21H2,1-5H3,(H-,25,28,29,30)/p+1/b10-9+,14-13+,18-17+. The number of aliphatic hydroxyl groups is 1. The van der Waals surface area contributed by atoms with Crippen molar-refractivity contribution in [3.63, 3.8) is 0 Å². The van der Waals surface area contributed by atoms with Gasteiger partial charge in [-0.3, -0.25) is 13.8 Å². The smallest absolute Gasteiger partial charge is 0.387 e. The summed E-state index contributed by atoms with van der Waals surface area (Å²) >= 11 is 0. The van der Waals surface area contributed by atoms with Gasteiger partial charge in [0.2, 0.25) is 5.91 Å². The Hall–Kier alpha value is -1.28. The molecule has 9 heteroatoms. The summed E-state index contributed by atoms with van der Waals surface area (Å²) in [7, 11) is 1.52. The fourth-order valence-corrected chi connectivity index (χ4v) is 3.30. The van der Waals surface area contributed by atoms with Crippen LogP contribution < -0.4 is 5.32 Å². The molecule has 0 aliphatic rings. The second-order valence-electron chi connectivity index (χ2n) is 8.94. The summed E-state index contributed by atoms with van der Waals surface area (Å²) in [4.78, 5) is 21.7. The number of phosphoric acid groups is 1. The summed E-state index contributed by atoms with van der Waals surface area (Å²) in [5.74, 6) is -0.286. The first-order chi connectivity index (χ1) is 15.5. The van der Waals surface area contributed by atoms with Crippen molar-refractivity contribution in [2.24, 2.45) is 0 Å². The van der Waals surface area contributed by atoms with Crippen LogP contribution in [0.1, 0.15) is 58.8 Å². The SMILES string of the molecule is CCC/C=C/CC/C=C/CC/C=C/C(O)C(COP(=O)(O)OCC[N+](C)(C)C)NC(=O)CC. The number of aliphatic hydroxyl groups excluding tert-OH is 1. The van der Waals surface area contributed by atoms with Crippen LogP contribution in [0.5, 0.6) is 0 Å². The third-order valence-corrected chi connectivity index (χ3v) is 5.62. The highest BCUT2D eigenvalue weighted by Crippen LogP contribution is 2.43. The van der Waals surface area contributed by atoms with Crippen LogP contribution in [0.25, 0.3) is 0 Å². The van der Waals surface area contributed by atoms with Crippen molar-refractivity contribution in [1.29, 1.82) is 0 Å². The summed E-state index contributed by atoms with van der Waals surface area (Å²) in [6.07, 6.45) is 17.2. The molecule has 192 valence electrons. The monoisotopic (exact) mass is 489 g/mol. The number of phosphoric ester groups is 1. The molecule has 33 heavy (non-hydrogen) atoms. The van der Waals surface area contributed by atoms with E-state index < -0.39 is 20.0 Å². The second-order valence-corrected chi connectivity index (χ2v) is 10.4. The number of amides is 1. The number of rotatable bonds is 19. The molecule has 0 aromatic rings. The highest BCUT2D eigenvalue weighted by molar-refractivity contribution is 7.47. The average molecular weight is 490 g/mol. The van der Waals surface area contributed by atoms with Gasteiger partial charge in [0.1, 0.15) is 13.2 Å². The molecular weight excluding hydrogens is 443 g/mol. The molecule has 0 radical (unpaired) electrons. The number of nitrogens with zero attached hydrogens (tertiary/aromatic N) is 1. The van der Waals surface area contributed by atoms with E-state index in [0.717, 1.165) is 32.1 Å². The van der Waals surface area contributed by atoms with E-state index in [0.29, 0.717) is 11.0 Å². The van der Waals surface area contributed by atoms with Gasteiger partial charge in [-0.25, -0.2) is 4.57 Å². The summed E-state index contributed by atoms with van der Waals surface area (Å²) in [6.45, 7) is 4.08. The van der Waals surface area contributed by atoms with Gasteiger partial charge >= 0.3 is 7.82 Å². The molecule has 3 unspecified atom stereocenters. The molecule has 0 aliphatic carbocycles. The molecule has 0 aliphatic heterocycles. The van der Waals surface area contributed by atoms with E-state index in [1.165, 1.54) is 6.42 Å². The lowest BCUT2D eigenvalue weighted by Crippen LogP contribution is -2.45. The molecule has 3 N–H and O–H groups in total. The van der Waals surface area contributed by atoms with Gasteiger partial charge in [-0.15, -0.1) is 0 Å². The van der Waals surface area contributed by atoms with Gasteiger partial charge in [0.15, 0.2) is 0 Å². The molecule has 0 aromatic heterocycles. The quantitative estimate of drug-likeness (QED) is 0.109. The normalized spacial score (nSPS) is 16.5. The van der Waals surface area contributed by atoms with Gasteiger partial charge in [-0.1, -0.05) is 56.7 Å². The van der Waals surface area contributed by atoms with Gasteiger partial charge in [0.05, 0.1) is 39.9 Å². The molecule has 0 rings (SSSR count). The Morgan fingerprint density at radius 3 is 2.03 bits per heavy atom. The molecule has 1 amide bonds. The van der Waals surface area contributed by atoms with Crippen LogP contribution >= 0.6 is 7.82 Å². The summed E-state index contributed by atoms with van der Waals surface area (Å²) in [5, 5.41) is 13.1. The van der Waals surface area contributed by atoms with E-state index in [2.05, 4.69) is 36.5 Å². The molecular formula is C24H46N2O6P+. The van der Waals surface area contributed by atoms with Crippen molar-refractivity contribution in [3.8, 4) is 0 Å². The minimum Gasteiger partial charge on any atom is -0.387 e. The van der Waals surface area contributed by atoms with Crippen LogP contribution in [0.4, 0.5) is 0 Å². The first-order valence-corrected chi connectivity index (χ1v) is 13.4. The zero-order valence-electron chi connectivity index (χ0n) is 21.1. The Labute approximate surface area is 200 Å². The molecule has 0 saturated carbocycles. The van der Waals surface area contributed by atoms with Gasteiger partial charge in [-0.05, 0) is 32.1 Å². The van der Waals surface area contributed by atoms with E-state index >= 15 is 0 Å². The predicted molar refractivity (Wildman–Crippen MR) is 134 cm³/mol. The largest absolute Gasteiger partial charge is 0.472 e. The predicted octanol–water partition coefficient (Wildman–Crippen LogP) is 4.11. The Balaban J connectivity index is 4.54. The Morgan fingerprint density at radius 1 is 0.970 bits per heavy atom. The van der Waals surface area contributed by atoms with Crippen LogP contribution in [0.2, 0.25) is 0 Å². The summed E-state index contributed by atoms with van der Waals surface area (Å²) < 4.78 is 22.7. The fraction of sp³-hybridized carbons (Fsp3) is 0.708. The highest BCUT2D eigenvalue weighted by atomic mass is 31.2. The first-order valence-electron chi connectivity index (χ1n) is 11.9. The van der Waals surface area contributed by atoms with Crippen molar-refractivity contribution >= 4 is 13.7 Å². The van der Waals surface area contributed by atoms with E-state index in [4.69, 9.17) is 9.05 Å². The fourth-order valence-electron chi connectivity index (χ4n) is 2.57. The van der Waals surface area contributed by atoms with E-state index in [1.54, 1.807) is 13.0 Å². The molecule has 3 atom stereocenters. The minimum atomic E-state index is -4.29. The molecule has 0 saturated heterocycles. The zero-order valence-corrected chi connectivity index (χ0v) is 22.0. The number of nitrogens with one attached hydrogen (secondary N) is 1. The maximum Gasteiger partial charge on any atom is 0.472 e. The molecule has 0 bridgehead atoms. The van der Waals surface area contributed by atoms with Gasteiger partial charge < -0.3 is 19.8 Å². The Morgan fingerprint density at radius 2 is 1.52 bits per heavy atom. The van der Waals surface area contributed by atoms with Crippen molar-refractivity contribution in [3.05, 3.63) is 36.5 Å². The zero-order chi connectivity index (χ0) is 25.2. The number of carbonyl (C=O) groups excluding carboxylic acids is 1. The molecule has 8 nitrogen and oxygen atoms in total. The number of likely N-dealkylation sites (N-methyl/N-ethyl adjacent to an activating group) is 1. The lowest BCUT2D eigenvalue weighted by Gasteiger charge is -2.25. The molecule has 0 fully saturated rings. The lowest BCUT2D eigenvalue weighted by atomic mass is 10.1. The second kappa shape index (κ2) is 18.1. The number of carbonyl (C=O) groups is 1. The van der Waals surface area contributed by atoms with Crippen molar-refractivity contribution in [2.45, 2.75) is 70.9 Å². The Kier molecular flexibility index (Phi) is 17.4. The summed E-state index contributed by atoms with van der Waals surface area (Å²) in [6, 6.07) is -0.860. The van der Waals surface area contributed by atoms with Gasteiger partial charge in [-0.2, -0.15) is 0 Å². The first kappa shape index (κ1) is 31.7. The van der Waals surface area contributed by atoms with Gasteiger partial charge in [0, 0.05) is 6.42 Å². The van der Waals surface area contributed by atoms with Crippen LogP contribution in [-0.2, 0) is 18.4 Å². The number of quaternary nitrogens is 1. The van der Waals surface area contributed by atoms with E-state index in [1.807, 2.05) is 27.2 Å². The number of unbranched alkanes of at least 4 members (excludes halogenated alkanes) is 3. The van der Waals surface area contributed by atoms with Crippen molar-refractivity contribution in [1.82, 2.24) is 5.32 Å². The minimum absolute atomic E-state index is 0.0499. The van der Waals surface area contributed by atoms with Gasteiger partial charge in [0.25, 0.3) is 0 Å². The molecule has 0 aromatic carbocycles. The number of hydrogen-bond donors (Lipinski definition) is 3. The number of allylic oxidation sites excluding steroid dienone is 5. The van der Waals surface area contributed by atoms with Crippen LogP contribution in [-0.4, -0.2) is 73.4 Å². The van der Waals surface area contributed by atoms with E-state index in [-0.39, 0.29) is 25.5 Å². The maximum atomic E-state index is 12.1. The van der Waals surface area contributed by atoms with Crippen molar-refractivity contribution < 1.29 is 32.9 Å². The maximum absolute atomic E-state index is 12.1. The third kappa shape index (κ3) is 19.9. The van der Waals surface area contributed by atoms with Crippen LogP contribution in [0, 0.1) is 0 Å². The van der Waals surface area contributed by atoms with E-state index in [9.17, 15) is 19.4 Å². The van der Waals surface area contributed by atoms with Crippen LogP contribution in [0.15, 0.2) is 36.5 Å². The topological polar surface area (TPSA) is 105 Å². The number of hydrogen-bond acceptors (Lipinski definition) is 5. The lowest BCUT2D eigenvalue weighted by molar-refractivity contribution is -0.870. The Bertz CT molecular complexity index is 658. The summed E-state index contributed by atoms with van der Waals surface area (Å²) in [5.41, 5.74) is 0. The average Bonchev–Trinajstić information content (AvgIpc) is 2.73. The molecule has 0 heterocycles. The van der Waals surface area contributed by atoms with Crippen LogP contribution in [0.3, 0.4) is 0 Å². The highest BCUT2D eigenvalue weighted by Gasteiger charge is 2.27. The third-order valence-electron chi connectivity index (χ3n) is 4.64. The van der Waals surface area contributed by atoms with Crippen molar-refractivity contribution in [2.75, 3.05) is 40.9 Å². The molecule has 0 spiro atoms.